The van der Waals surface area contributed by atoms with Gasteiger partial charge in [0.1, 0.15) is 5.82 Å². The maximum atomic E-state index is 4.74. The first kappa shape index (κ1) is 14.3. The molecule has 0 aliphatic carbocycles. The number of pyridine rings is 1. The zero-order valence-corrected chi connectivity index (χ0v) is 13.2. The van der Waals surface area contributed by atoms with Crippen LogP contribution < -0.4 is 0 Å². The molecule has 0 saturated carbocycles. The van der Waals surface area contributed by atoms with E-state index in [2.05, 4.69) is 37.2 Å². The second-order valence-electron chi connectivity index (χ2n) is 6.26. The van der Waals surface area contributed by atoms with E-state index in [9.17, 15) is 0 Å². The Labute approximate surface area is 135 Å². The molecule has 0 aromatic carbocycles. The van der Waals surface area contributed by atoms with Crippen LogP contribution in [-0.2, 0) is 6.54 Å². The third-order valence-corrected chi connectivity index (χ3v) is 4.49. The van der Waals surface area contributed by atoms with E-state index in [4.69, 9.17) is 4.98 Å². The van der Waals surface area contributed by atoms with Gasteiger partial charge in [-0.1, -0.05) is 0 Å². The Morgan fingerprint density at radius 3 is 2.96 bits per heavy atom. The van der Waals surface area contributed by atoms with Crippen LogP contribution in [0.1, 0.15) is 35.8 Å². The summed E-state index contributed by atoms with van der Waals surface area (Å²) in [5, 5.41) is 8.09. The molecule has 1 N–H and O–H groups in total. The summed E-state index contributed by atoms with van der Waals surface area (Å²) in [6, 6.07) is 4.24. The molecule has 1 aliphatic heterocycles. The molecule has 6 heteroatoms. The van der Waals surface area contributed by atoms with Crippen LogP contribution in [0, 0.1) is 6.92 Å². The summed E-state index contributed by atoms with van der Waals surface area (Å²) >= 11 is 0. The van der Waals surface area contributed by atoms with Crippen LogP contribution in [-0.4, -0.2) is 43.1 Å². The van der Waals surface area contributed by atoms with Gasteiger partial charge in [-0.2, -0.15) is 5.10 Å². The van der Waals surface area contributed by atoms with Crippen LogP contribution >= 0.6 is 0 Å². The fourth-order valence-electron chi connectivity index (χ4n) is 3.27. The highest BCUT2D eigenvalue weighted by Gasteiger charge is 2.22. The lowest BCUT2D eigenvalue weighted by atomic mass is 9.94. The molecule has 1 saturated heterocycles. The third-order valence-electron chi connectivity index (χ3n) is 4.49. The number of aromatic nitrogens is 5. The van der Waals surface area contributed by atoms with Gasteiger partial charge in [-0.25, -0.2) is 15.0 Å². The highest BCUT2D eigenvalue weighted by atomic mass is 15.1. The number of fused-ring (bicyclic) bond motifs is 1. The molecule has 118 valence electrons. The molecule has 23 heavy (non-hydrogen) atoms. The van der Waals surface area contributed by atoms with Crippen molar-refractivity contribution < 1.29 is 0 Å². The summed E-state index contributed by atoms with van der Waals surface area (Å²) in [5.74, 6) is 1.30. The van der Waals surface area contributed by atoms with Crippen LogP contribution in [0.15, 0.2) is 30.7 Å². The zero-order valence-electron chi connectivity index (χ0n) is 13.2. The van der Waals surface area contributed by atoms with Gasteiger partial charge in [0, 0.05) is 48.0 Å². The Morgan fingerprint density at radius 2 is 2.09 bits per heavy atom. The number of hydrogen-bond donors (Lipinski definition) is 1. The number of aromatic amines is 1. The lowest BCUT2D eigenvalue weighted by molar-refractivity contribution is 0.198. The molecule has 1 fully saturated rings. The van der Waals surface area contributed by atoms with Crippen molar-refractivity contribution in [3.8, 4) is 0 Å². The highest BCUT2D eigenvalue weighted by molar-refractivity contribution is 5.73. The minimum Gasteiger partial charge on any atom is -0.298 e. The summed E-state index contributed by atoms with van der Waals surface area (Å²) in [7, 11) is 0. The molecule has 0 unspecified atom stereocenters. The van der Waals surface area contributed by atoms with E-state index in [1.54, 1.807) is 0 Å². The van der Waals surface area contributed by atoms with Gasteiger partial charge in [0.15, 0.2) is 5.65 Å². The summed E-state index contributed by atoms with van der Waals surface area (Å²) in [5.41, 5.74) is 3.21. The predicted molar refractivity (Wildman–Crippen MR) is 87.9 cm³/mol. The van der Waals surface area contributed by atoms with Crippen LogP contribution in [0.5, 0.6) is 0 Å². The van der Waals surface area contributed by atoms with Gasteiger partial charge in [-0.15, -0.1) is 0 Å². The molecule has 0 spiro atoms. The summed E-state index contributed by atoms with van der Waals surface area (Å²) in [6.45, 7) is 4.97. The van der Waals surface area contributed by atoms with Crippen LogP contribution in [0.4, 0.5) is 0 Å². The molecule has 6 nitrogen and oxygen atoms in total. The van der Waals surface area contributed by atoms with Crippen molar-refractivity contribution in [3.05, 3.63) is 47.8 Å². The fraction of sp³-hybridized carbons (Fsp3) is 0.412. The number of likely N-dealkylation sites (tertiary alicyclic amines) is 1. The smallest absolute Gasteiger partial charge is 0.155 e. The van der Waals surface area contributed by atoms with E-state index in [1.807, 2.05) is 25.5 Å². The Morgan fingerprint density at radius 1 is 1.22 bits per heavy atom. The second-order valence-corrected chi connectivity index (χ2v) is 6.26. The standard InChI is InChI=1S/C17H20N6/c1-12-18-7-13(8-19-12)10-23-6-2-3-15(11-23)16-5-4-14-9-20-22-17(14)21-16/h4-5,7-9,15H,2-3,6,10-11H2,1H3,(H,20,21,22)/t15-/m0/s1. The Bertz CT molecular complexity index is 794. The van der Waals surface area contributed by atoms with Gasteiger partial charge < -0.3 is 0 Å². The van der Waals surface area contributed by atoms with E-state index in [1.165, 1.54) is 18.4 Å². The van der Waals surface area contributed by atoms with Crippen LogP contribution in [0.3, 0.4) is 0 Å². The van der Waals surface area contributed by atoms with E-state index in [0.717, 1.165) is 42.2 Å². The van der Waals surface area contributed by atoms with Crippen molar-refractivity contribution in [2.45, 2.75) is 32.2 Å². The van der Waals surface area contributed by atoms with Gasteiger partial charge in [0.05, 0.1) is 6.20 Å². The predicted octanol–water partition coefficient (Wildman–Crippen LogP) is 2.44. The molecule has 1 atom stereocenters. The van der Waals surface area contributed by atoms with Crippen molar-refractivity contribution in [3.63, 3.8) is 0 Å². The fourth-order valence-corrected chi connectivity index (χ4v) is 3.27. The largest absolute Gasteiger partial charge is 0.298 e. The maximum Gasteiger partial charge on any atom is 0.155 e. The van der Waals surface area contributed by atoms with Crippen molar-refractivity contribution in [1.82, 2.24) is 30.0 Å². The number of hydrogen-bond acceptors (Lipinski definition) is 5. The minimum absolute atomic E-state index is 0.475. The molecule has 0 radical (unpaired) electrons. The van der Waals surface area contributed by atoms with Crippen molar-refractivity contribution in [1.29, 1.82) is 0 Å². The lowest BCUT2D eigenvalue weighted by Gasteiger charge is -2.32. The molecule has 3 aromatic rings. The van der Waals surface area contributed by atoms with Gasteiger partial charge in [-0.05, 0) is 38.4 Å². The van der Waals surface area contributed by atoms with Gasteiger partial charge in [0.25, 0.3) is 0 Å². The molecule has 3 aromatic heterocycles. The molecule has 1 aliphatic rings. The van der Waals surface area contributed by atoms with E-state index < -0.39 is 0 Å². The Hall–Kier alpha value is -2.34. The van der Waals surface area contributed by atoms with Gasteiger partial charge in [0.2, 0.25) is 0 Å². The molecular formula is C17H20N6. The van der Waals surface area contributed by atoms with Crippen LogP contribution in [0.25, 0.3) is 11.0 Å². The monoisotopic (exact) mass is 308 g/mol. The number of nitrogens with zero attached hydrogens (tertiary/aromatic N) is 5. The highest BCUT2D eigenvalue weighted by Crippen LogP contribution is 2.27. The Balaban J connectivity index is 1.48. The average Bonchev–Trinajstić information content (AvgIpc) is 3.05. The maximum absolute atomic E-state index is 4.74. The average molecular weight is 308 g/mol. The number of H-pyrrole nitrogens is 1. The molecular weight excluding hydrogens is 288 g/mol. The first-order valence-corrected chi connectivity index (χ1v) is 8.08. The molecule has 4 rings (SSSR count). The van der Waals surface area contributed by atoms with Crippen molar-refractivity contribution in [2.24, 2.45) is 0 Å². The van der Waals surface area contributed by atoms with Crippen molar-refractivity contribution >= 4 is 11.0 Å². The van der Waals surface area contributed by atoms with Gasteiger partial charge in [-0.3, -0.25) is 10.00 Å². The normalized spacial score (nSPS) is 19.3. The number of rotatable bonds is 3. The SMILES string of the molecule is Cc1ncc(CN2CCC[C@H](c3ccc4cn[nH]c4n3)C2)cn1. The summed E-state index contributed by atoms with van der Waals surface area (Å²) in [6.07, 6.45) is 8.06. The van der Waals surface area contributed by atoms with Crippen LogP contribution in [0.2, 0.25) is 0 Å². The lowest BCUT2D eigenvalue weighted by Crippen LogP contribution is -2.34. The van der Waals surface area contributed by atoms with E-state index in [0.29, 0.717) is 5.92 Å². The summed E-state index contributed by atoms with van der Waals surface area (Å²) < 4.78 is 0. The number of nitrogens with one attached hydrogen (secondary N) is 1. The topological polar surface area (TPSA) is 70.6 Å². The summed E-state index contributed by atoms with van der Waals surface area (Å²) in [4.78, 5) is 15.8. The quantitative estimate of drug-likeness (QED) is 0.804. The second kappa shape index (κ2) is 6.04. The van der Waals surface area contributed by atoms with Crippen molar-refractivity contribution in [2.75, 3.05) is 13.1 Å². The van der Waals surface area contributed by atoms with Gasteiger partial charge >= 0.3 is 0 Å². The number of piperidine rings is 1. The first-order chi connectivity index (χ1) is 11.3. The van der Waals surface area contributed by atoms with E-state index >= 15 is 0 Å². The molecule has 0 bridgehead atoms. The third kappa shape index (κ3) is 3.07. The minimum atomic E-state index is 0.475. The molecule has 4 heterocycles. The molecule has 0 amide bonds. The number of aryl methyl sites for hydroxylation is 1. The van der Waals surface area contributed by atoms with E-state index in [-0.39, 0.29) is 0 Å². The zero-order chi connectivity index (χ0) is 15.6. The Kier molecular flexibility index (Phi) is 3.75. The first-order valence-electron chi connectivity index (χ1n) is 8.08.